The summed E-state index contributed by atoms with van der Waals surface area (Å²) < 4.78 is 15.0. The van der Waals surface area contributed by atoms with Gasteiger partial charge in [-0.05, 0) is 6.92 Å². The van der Waals surface area contributed by atoms with Crippen molar-refractivity contribution < 1.29 is 34.3 Å². The molecule has 2 rings (SSSR count). The van der Waals surface area contributed by atoms with Crippen molar-refractivity contribution in [1.29, 1.82) is 0 Å². The average Bonchev–Trinajstić information content (AvgIpc) is 2.63. The van der Waals surface area contributed by atoms with Crippen LogP contribution in [0.2, 0.25) is 0 Å². The van der Waals surface area contributed by atoms with Crippen LogP contribution in [-0.4, -0.2) is 52.5 Å². The number of esters is 1. The maximum absolute atomic E-state index is 11.4. The molecule has 7 heteroatoms. The smallest absolute Gasteiger partial charge is 0.378 e. The van der Waals surface area contributed by atoms with E-state index in [2.05, 4.69) is 0 Å². The van der Waals surface area contributed by atoms with Gasteiger partial charge in [0, 0.05) is 12.0 Å². The summed E-state index contributed by atoms with van der Waals surface area (Å²) in [6.45, 7) is 5.22. The van der Waals surface area contributed by atoms with Crippen LogP contribution < -0.4 is 0 Å². The third-order valence-corrected chi connectivity index (χ3v) is 3.84. The Hall–Kier alpha value is -1.31. The summed E-state index contributed by atoms with van der Waals surface area (Å²) in [7, 11) is 0. The van der Waals surface area contributed by atoms with Gasteiger partial charge in [0.05, 0.1) is 6.10 Å². The summed E-state index contributed by atoms with van der Waals surface area (Å²) in [4.78, 5) is 11.4. The Bertz CT molecular complexity index is 428. The van der Waals surface area contributed by atoms with Crippen LogP contribution in [0, 0.1) is 5.41 Å². The minimum absolute atomic E-state index is 0.185. The van der Waals surface area contributed by atoms with Crippen LogP contribution in [0.4, 0.5) is 0 Å². The quantitative estimate of drug-likeness (QED) is 0.363. The van der Waals surface area contributed by atoms with Gasteiger partial charge in [0.15, 0.2) is 18.7 Å². The molecule has 0 aromatic carbocycles. The number of ether oxygens (including phenoxy) is 3. The van der Waals surface area contributed by atoms with E-state index in [-0.39, 0.29) is 12.6 Å². The summed E-state index contributed by atoms with van der Waals surface area (Å²) in [6, 6.07) is 0. The highest BCUT2D eigenvalue weighted by atomic mass is 16.7. The zero-order chi connectivity index (χ0) is 14.4. The van der Waals surface area contributed by atoms with Gasteiger partial charge in [-0.1, -0.05) is 13.8 Å². The van der Waals surface area contributed by atoms with Crippen LogP contribution in [0.5, 0.6) is 0 Å². The second-order valence-corrected chi connectivity index (χ2v) is 5.20. The molecule has 1 aliphatic carbocycles. The third kappa shape index (κ3) is 1.80. The van der Waals surface area contributed by atoms with Crippen molar-refractivity contribution in [3.8, 4) is 0 Å². The summed E-state index contributed by atoms with van der Waals surface area (Å²) in [6.07, 6.45) is -2.31. The lowest BCUT2D eigenvalue weighted by Crippen LogP contribution is -2.37. The monoisotopic (exact) mass is 274 g/mol. The second-order valence-electron chi connectivity index (χ2n) is 5.20. The van der Waals surface area contributed by atoms with Crippen LogP contribution in [0.1, 0.15) is 20.8 Å². The van der Waals surface area contributed by atoms with Crippen molar-refractivity contribution in [2.24, 2.45) is 5.41 Å². The number of aliphatic hydroxyl groups is 3. The molecule has 1 fully saturated rings. The first-order valence-corrected chi connectivity index (χ1v) is 6.03. The first kappa shape index (κ1) is 14.1. The van der Waals surface area contributed by atoms with E-state index in [0.717, 1.165) is 0 Å². The largest absolute Gasteiger partial charge is 0.499 e. The molecule has 0 amide bonds. The lowest BCUT2D eigenvalue weighted by atomic mass is 10.0. The van der Waals surface area contributed by atoms with Crippen molar-refractivity contribution in [3.05, 3.63) is 11.5 Å². The molecule has 108 valence electrons. The average molecular weight is 274 g/mol. The molecule has 0 aromatic heterocycles. The molecule has 19 heavy (non-hydrogen) atoms. The lowest BCUT2D eigenvalue weighted by Gasteiger charge is -2.22. The van der Waals surface area contributed by atoms with Crippen LogP contribution in [0.15, 0.2) is 11.5 Å². The van der Waals surface area contributed by atoms with Crippen LogP contribution in [0.25, 0.3) is 0 Å². The van der Waals surface area contributed by atoms with Gasteiger partial charge in [-0.25, -0.2) is 4.79 Å². The van der Waals surface area contributed by atoms with Gasteiger partial charge in [-0.2, -0.15) is 0 Å². The number of aliphatic hydroxyl groups excluding tert-OH is 2. The molecule has 1 unspecified atom stereocenters. The molecule has 0 spiro atoms. The Morgan fingerprint density at radius 2 is 2.00 bits per heavy atom. The van der Waals surface area contributed by atoms with Gasteiger partial charge in [0.25, 0.3) is 0 Å². The van der Waals surface area contributed by atoms with Crippen molar-refractivity contribution in [3.63, 3.8) is 0 Å². The minimum atomic E-state index is -1.67. The van der Waals surface area contributed by atoms with Crippen LogP contribution in [0.3, 0.4) is 0 Å². The number of carbonyl (C=O) groups is 1. The van der Waals surface area contributed by atoms with Gasteiger partial charge in [-0.15, -0.1) is 0 Å². The van der Waals surface area contributed by atoms with Crippen molar-refractivity contribution in [2.75, 3.05) is 13.4 Å². The zero-order valence-electron chi connectivity index (χ0n) is 11.0. The van der Waals surface area contributed by atoms with Crippen LogP contribution >= 0.6 is 0 Å². The number of hydrogen-bond acceptors (Lipinski definition) is 7. The van der Waals surface area contributed by atoms with Gasteiger partial charge < -0.3 is 29.5 Å². The summed E-state index contributed by atoms with van der Waals surface area (Å²) in [5, 5.41) is 29.8. The molecule has 0 radical (unpaired) electrons. The minimum Gasteiger partial charge on any atom is -0.499 e. The highest BCUT2D eigenvalue weighted by Gasteiger charge is 2.78. The van der Waals surface area contributed by atoms with Gasteiger partial charge in [-0.3, -0.25) is 0 Å². The number of cyclic esters (lactones) is 1. The second kappa shape index (κ2) is 4.36. The van der Waals surface area contributed by atoms with E-state index in [1.165, 1.54) is 0 Å². The fourth-order valence-corrected chi connectivity index (χ4v) is 2.29. The summed E-state index contributed by atoms with van der Waals surface area (Å²) >= 11 is 0. The van der Waals surface area contributed by atoms with E-state index >= 15 is 0 Å². The first-order chi connectivity index (χ1) is 8.78. The molecule has 2 aliphatic rings. The molecule has 1 heterocycles. The standard InChI is InChI=1S/C12H18O7/c1-4-17-5-18-7-6(13)9(14)19-8(7)12(16)10(15)11(12,2)3/h8,10,13,15-16H,4-5H2,1-3H3/t8-,10?,12+/m0/s1. The molecule has 0 saturated heterocycles. The highest BCUT2D eigenvalue weighted by Crippen LogP contribution is 2.60. The van der Waals surface area contributed by atoms with Gasteiger partial charge in [0.2, 0.25) is 5.76 Å². The number of carbonyl (C=O) groups excluding carboxylic acids is 1. The predicted molar refractivity (Wildman–Crippen MR) is 61.9 cm³/mol. The van der Waals surface area contributed by atoms with E-state index in [0.29, 0.717) is 6.61 Å². The summed E-state index contributed by atoms with van der Waals surface area (Å²) in [5.41, 5.74) is -2.53. The summed E-state index contributed by atoms with van der Waals surface area (Å²) in [5.74, 6) is -1.89. The van der Waals surface area contributed by atoms with Crippen molar-refractivity contribution in [1.82, 2.24) is 0 Å². The maximum Gasteiger partial charge on any atom is 0.378 e. The molecule has 0 aromatic rings. The van der Waals surface area contributed by atoms with Gasteiger partial charge in [0.1, 0.15) is 5.60 Å². The Kier molecular flexibility index (Phi) is 3.24. The van der Waals surface area contributed by atoms with Crippen molar-refractivity contribution in [2.45, 2.75) is 38.6 Å². The van der Waals surface area contributed by atoms with E-state index in [1.54, 1.807) is 20.8 Å². The number of hydrogen-bond donors (Lipinski definition) is 3. The zero-order valence-corrected chi connectivity index (χ0v) is 11.0. The molecular weight excluding hydrogens is 256 g/mol. The Morgan fingerprint density at radius 1 is 1.42 bits per heavy atom. The van der Waals surface area contributed by atoms with Crippen molar-refractivity contribution >= 4 is 5.97 Å². The lowest BCUT2D eigenvalue weighted by molar-refractivity contribution is -0.152. The number of rotatable bonds is 5. The highest BCUT2D eigenvalue weighted by molar-refractivity contribution is 5.89. The Labute approximate surface area is 110 Å². The molecule has 7 nitrogen and oxygen atoms in total. The van der Waals surface area contributed by atoms with E-state index < -0.39 is 35.0 Å². The van der Waals surface area contributed by atoms with E-state index in [1.807, 2.05) is 0 Å². The van der Waals surface area contributed by atoms with Crippen LogP contribution in [-0.2, 0) is 19.0 Å². The topological polar surface area (TPSA) is 105 Å². The predicted octanol–water partition coefficient (Wildman–Crippen LogP) is -0.176. The maximum atomic E-state index is 11.4. The Balaban J connectivity index is 2.20. The first-order valence-electron chi connectivity index (χ1n) is 6.03. The molecule has 1 saturated carbocycles. The van der Waals surface area contributed by atoms with E-state index in [4.69, 9.17) is 14.2 Å². The van der Waals surface area contributed by atoms with Gasteiger partial charge >= 0.3 is 5.97 Å². The SMILES string of the molecule is CCOCOC1=C(O)C(=O)O[C@@H]1[C@@]1(O)C(O)C1(C)C. The van der Waals surface area contributed by atoms with E-state index in [9.17, 15) is 20.1 Å². The fraction of sp³-hybridized carbons (Fsp3) is 0.750. The Morgan fingerprint density at radius 3 is 2.47 bits per heavy atom. The molecule has 1 aliphatic heterocycles. The molecule has 3 N–H and O–H groups in total. The molecule has 3 atom stereocenters. The fourth-order valence-electron chi connectivity index (χ4n) is 2.29. The normalized spacial score (nSPS) is 36.4. The third-order valence-electron chi connectivity index (χ3n) is 3.84. The molecular formula is C12H18O7. The molecule has 0 bridgehead atoms.